The van der Waals surface area contributed by atoms with Gasteiger partial charge >= 0.3 is 0 Å². The summed E-state index contributed by atoms with van der Waals surface area (Å²) in [6.45, 7) is 8.36. The number of hydrogen-bond acceptors (Lipinski definition) is 5. The van der Waals surface area contributed by atoms with Gasteiger partial charge in [-0.15, -0.1) is 0 Å². The van der Waals surface area contributed by atoms with E-state index >= 15 is 0 Å². The predicted octanol–water partition coefficient (Wildman–Crippen LogP) is 2.63. The van der Waals surface area contributed by atoms with Crippen molar-refractivity contribution in [3.63, 3.8) is 0 Å². The number of furan rings is 1. The van der Waals surface area contributed by atoms with Crippen LogP contribution in [0.15, 0.2) is 16.5 Å². The zero-order valence-electron chi connectivity index (χ0n) is 13.3. The van der Waals surface area contributed by atoms with Gasteiger partial charge in [0.2, 0.25) is 0 Å². The third kappa shape index (κ3) is 2.35. The number of aryl methyl sites for hydroxylation is 3. The van der Waals surface area contributed by atoms with Gasteiger partial charge in [-0.05, 0) is 33.8 Å². The largest absolute Gasteiger partial charge is 0.466 e. The molecule has 0 spiro atoms. The number of anilines is 1. The molecular weight excluding hydrogens is 280 g/mol. The van der Waals surface area contributed by atoms with E-state index in [9.17, 15) is 0 Å². The zero-order valence-corrected chi connectivity index (χ0v) is 13.3. The standard InChI is InChI=1S/C16H20N4O2/c1-9-7-13(12(4)22-9)14-8-15-18-11(3)10(2)16(17-5-6-21)20(15)19-14/h7-8,17,21H,5-6H2,1-4H3. The van der Waals surface area contributed by atoms with Crippen molar-refractivity contribution in [2.75, 3.05) is 18.5 Å². The van der Waals surface area contributed by atoms with Gasteiger partial charge in [-0.25, -0.2) is 4.98 Å². The van der Waals surface area contributed by atoms with Crippen LogP contribution < -0.4 is 5.32 Å². The smallest absolute Gasteiger partial charge is 0.158 e. The van der Waals surface area contributed by atoms with Gasteiger partial charge in [0.25, 0.3) is 0 Å². The van der Waals surface area contributed by atoms with Crippen molar-refractivity contribution in [2.45, 2.75) is 27.7 Å². The second kappa shape index (κ2) is 5.46. The van der Waals surface area contributed by atoms with E-state index in [-0.39, 0.29) is 6.61 Å². The minimum atomic E-state index is 0.0659. The average molecular weight is 300 g/mol. The lowest BCUT2D eigenvalue weighted by atomic mass is 10.2. The molecule has 3 aromatic heterocycles. The average Bonchev–Trinajstić information content (AvgIpc) is 3.02. The number of nitrogens with one attached hydrogen (secondary N) is 1. The molecule has 6 heteroatoms. The summed E-state index contributed by atoms with van der Waals surface area (Å²) in [6, 6.07) is 3.94. The molecule has 0 saturated carbocycles. The molecule has 0 bridgehead atoms. The van der Waals surface area contributed by atoms with Crippen molar-refractivity contribution in [2.24, 2.45) is 0 Å². The Balaban J connectivity index is 2.18. The normalized spacial score (nSPS) is 11.3. The second-order valence-corrected chi connectivity index (χ2v) is 5.45. The monoisotopic (exact) mass is 300 g/mol. The first-order valence-corrected chi connectivity index (χ1v) is 7.30. The summed E-state index contributed by atoms with van der Waals surface area (Å²) < 4.78 is 7.38. The van der Waals surface area contributed by atoms with Crippen LogP contribution in [0, 0.1) is 27.7 Å². The number of fused-ring (bicyclic) bond motifs is 1. The molecule has 22 heavy (non-hydrogen) atoms. The molecule has 116 valence electrons. The molecule has 0 fully saturated rings. The number of nitrogens with zero attached hydrogens (tertiary/aromatic N) is 3. The van der Waals surface area contributed by atoms with Crippen molar-refractivity contribution in [3.05, 3.63) is 34.9 Å². The second-order valence-electron chi connectivity index (χ2n) is 5.45. The van der Waals surface area contributed by atoms with E-state index in [4.69, 9.17) is 9.52 Å². The first-order chi connectivity index (χ1) is 10.5. The van der Waals surface area contributed by atoms with Crippen LogP contribution in [0.3, 0.4) is 0 Å². The molecule has 0 aliphatic rings. The van der Waals surface area contributed by atoms with Crippen molar-refractivity contribution < 1.29 is 9.52 Å². The first-order valence-electron chi connectivity index (χ1n) is 7.30. The van der Waals surface area contributed by atoms with Gasteiger partial charge in [-0.2, -0.15) is 9.61 Å². The molecule has 0 aliphatic heterocycles. The zero-order chi connectivity index (χ0) is 15.9. The number of hydrogen-bond donors (Lipinski definition) is 2. The SMILES string of the molecule is Cc1cc(-c2cc3nc(C)c(C)c(NCCO)n3n2)c(C)o1. The van der Waals surface area contributed by atoms with E-state index in [2.05, 4.69) is 15.4 Å². The van der Waals surface area contributed by atoms with E-state index in [1.165, 1.54) is 0 Å². The summed E-state index contributed by atoms with van der Waals surface area (Å²) >= 11 is 0. The molecule has 0 unspecified atom stereocenters. The van der Waals surface area contributed by atoms with Crippen LogP contribution in [0.4, 0.5) is 5.82 Å². The molecule has 6 nitrogen and oxygen atoms in total. The Morgan fingerprint density at radius 1 is 1.23 bits per heavy atom. The molecular formula is C16H20N4O2. The van der Waals surface area contributed by atoms with Gasteiger partial charge in [0.15, 0.2) is 5.65 Å². The van der Waals surface area contributed by atoms with Gasteiger partial charge in [-0.3, -0.25) is 0 Å². The van der Waals surface area contributed by atoms with Crippen molar-refractivity contribution >= 4 is 11.5 Å². The van der Waals surface area contributed by atoms with Gasteiger partial charge in [0.1, 0.15) is 17.3 Å². The van der Waals surface area contributed by atoms with E-state index in [0.717, 1.165) is 45.5 Å². The van der Waals surface area contributed by atoms with Gasteiger partial charge < -0.3 is 14.8 Å². The van der Waals surface area contributed by atoms with Crippen LogP contribution in [-0.2, 0) is 0 Å². The molecule has 3 heterocycles. The fraction of sp³-hybridized carbons (Fsp3) is 0.375. The van der Waals surface area contributed by atoms with Crippen LogP contribution in [0.2, 0.25) is 0 Å². The number of rotatable bonds is 4. The highest BCUT2D eigenvalue weighted by atomic mass is 16.3. The van der Waals surface area contributed by atoms with E-state index in [0.29, 0.717) is 6.54 Å². The van der Waals surface area contributed by atoms with Gasteiger partial charge in [-0.1, -0.05) is 0 Å². The van der Waals surface area contributed by atoms with Gasteiger partial charge in [0, 0.05) is 29.4 Å². The lowest BCUT2D eigenvalue weighted by Gasteiger charge is -2.11. The maximum Gasteiger partial charge on any atom is 0.158 e. The minimum absolute atomic E-state index is 0.0659. The lowest BCUT2D eigenvalue weighted by Crippen LogP contribution is -2.12. The number of aliphatic hydroxyl groups excluding tert-OH is 1. The minimum Gasteiger partial charge on any atom is -0.466 e. The topological polar surface area (TPSA) is 75.6 Å². The molecule has 0 saturated heterocycles. The van der Waals surface area contributed by atoms with Crippen LogP contribution in [0.5, 0.6) is 0 Å². The van der Waals surface area contributed by atoms with Crippen molar-refractivity contribution in [1.82, 2.24) is 14.6 Å². The molecule has 0 aromatic carbocycles. The first kappa shape index (κ1) is 14.6. The lowest BCUT2D eigenvalue weighted by molar-refractivity contribution is 0.311. The molecule has 0 aliphatic carbocycles. The summed E-state index contributed by atoms with van der Waals surface area (Å²) in [6.07, 6.45) is 0. The third-order valence-corrected chi connectivity index (χ3v) is 3.80. The highest BCUT2D eigenvalue weighted by molar-refractivity contribution is 5.68. The van der Waals surface area contributed by atoms with Crippen LogP contribution >= 0.6 is 0 Å². The predicted molar refractivity (Wildman–Crippen MR) is 85.2 cm³/mol. The Kier molecular flexibility index (Phi) is 3.62. The molecule has 3 rings (SSSR count). The molecule has 0 atom stereocenters. The summed E-state index contributed by atoms with van der Waals surface area (Å²) in [4.78, 5) is 4.59. The Hall–Kier alpha value is -2.34. The van der Waals surface area contributed by atoms with Crippen molar-refractivity contribution in [1.29, 1.82) is 0 Å². The Morgan fingerprint density at radius 2 is 2.00 bits per heavy atom. The van der Waals surface area contributed by atoms with Crippen molar-refractivity contribution in [3.8, 4) is 11.3 Å². The Labute approximate surface area is 128 Å². The van der Waals surface area contributed by atoms with Crippen LogP contribution in [-0.4, -0.2) is 32.9 Å². The fourth-order valence-corrected chi connectivity index (χ4v) is 2.60. The number of aliphatic hydroxyl groups is 1. The Bertz CT molecular complexity index is 832. The summed E-state index contributed by atoms with van der Waals surface area (Å²) in [7, 11) is 0. The molecule has 0 radical (unpaired) electrons. The maximum absolute atomic E-state index is 9.06. The quantitative estimate of drug-likeness (QED) is 0.774. The van der Waals surface area contributed by atoms with E-state index < -0.39 is 0 Å². The maximum atomic E-state index is 9.06. The number of aromatic nitrogens is 3. The summed E-state index contributed by atoms with van der Waals surface area (Å²) in [5, 5.41) is 16.9. The van der Waals surface area contributed by atoms with Crippen LogP contribution in [0.1, 0.15) is 22.8 Å². The molecule has 3 aromatic rings. The highest BCUT2D eigenvalue weighted by Crippen LogP contribution is 2.28. The van der Waals surface area contributed by atoms with E-state index in [1.807, 2.05) is 39.8 Å². The Morgan fingerprint density at radius 3 is 2.64 bits per heavy atom. The van der Waals surface area contributed by atoms with E-state index in [1.54, 1.807) is 4.52 Å². The highest BCUT2D eigenvalue weighted by Gasteiger charge is 2.16. The van der Waals surface area contributed by atoms with Gasteiger partial charge in [0.05, 0.1) is 12.3 Å². The fourth-order valence-electron chi connectivity index (χ4n) is 2.60. The molecule has 0 amide bonds. The summed E-state index contributed by atoms with van der Waals surface area (Å²) in [5.74, 6) is 2.57. The molecule has 2 N–H and O–H groups in total. The third-order valence-electron chi connectivity index (χ3n) is 3.80. The summed E-state index contributed by atoms with van der Waals surface area (Å²) in [5.41, 5.74) is 4.55. The van der Waals surface area contributed by atoms with Crippen LogP contribution in [0.25, 0.3) is 16.9 Å².